The van der Waals surface area contributed by atoms with Crippen molar-refractivity contribution in [1.29, 1.82) is 0 Å². The van der Waals surface area contributed by atoms with Crippen LogP contribution in [0.15, 0.2) is 47.4 Å². The fourth-order valence-electron chi connectivity index (χ4n) is 4.37. The van der Waals surface area contributed by atoms with E-state index in [4.69, 9.17) is 21.3 Å². The molecule has 0 bridgehead atoms. The number of aromatic amines is 1. The van der Waals surface area contributed by atoms with Crippen molar-refractivity contribution in [3.8, 4) is 17.3 Å². The summed E-state index contributed by atoms with van der Waals surface area (Å²) in [5.74, 6) is 1.30. The quantitative estimate of drug-likeness (QED) is 0.643. The standard InChI is InChI=1S/C24H25ClN4O2/c25-18-8-6-17(7-9-18)23-27-21-11-12-29(15-20(21)24(30)28-23)14-16-5-10-22(26-13-16)31-19-3-1-2-4-19/h5-10,13,19H,1-4,11-12,14-15H2,(H,27,28,30). The molecule has 0 atom stereocenters. The molecule has 0 unspecified atom stereocenters. The van der Waals surface area contributed by atoms with E-state index in [2.05, 4.69) is 20.9 Å². The van der Waals surface area contributed by atoms with Gasteiger partial charge in [0.25, 0.3) is 5.56 Å². The molecule has 0 radical (unpaired) electrons. The lowest BCUT2D eigenvalue weighted by molar-refractivity contribution is 0.201. The summed E-state index contributed by atoms with van der Waals surface area (Å²) in [5, 5.41) is 0.660. The van der Waals surface area contributed by atoms with Gasteiger partial charge in [0, 0.05) is 48.9 Å². The first-order valence-electron chi connectivity index (χ1n) is 10.9. The van der Waals surface area contributed by atoms with Crippen molar-refractivity contribution in [2.45, 2.75) is 51.3 Å². The third-order valence-electron chi connectivity index (χ3n) is 6.06. The summed E-state index contributed by atoms with van der Waals surface area (Å²) in [6.45, 7) is 2.18. The van der Waals surface area contributed by atoms with Gasteiger partial charge in [-0.1, -0.05) is 17.7 Å². The molecule has 5 rings (SSSR count). The van der Waals surface area contributed by atoms with E-state index in [-0.39, 0.29) is 5.56 Å². The zero-order chi connectivity index (χ0) is 21.2. The van der Waals surface area contributed by atoms with Crippen molar-refractivity contribution in [3.63, 3.8) is 0 Å². The van der Waals surface area contributed by atoms with Crippen LogP contribution in [0.4, 0.5) is 0 Å². The maximum atomic E-state index is 12.8. The van der Waals surface area contributed by atoms with Crippen LogP contribution in [-0.4, -0.2) is 32.5 Å². The predicted octanol–water partition coefficient (Wildman–Crippen LogP) is 4.37. The monoisotopic (exact) mass is 436 g/mol. The van der Waals surface area contributed by atoms with Crippen LogP contribution in [0.5, 0.6) is 5.88 Å². The minimum Gasteiger partial charge on any atom is -0.474 e. The Hall–Kier alpha value is -2.70. The van der Waals surface area contributed by atoms with E-state index in [0.29, 0.717) is 29.4 Å². The summed E-state index contributed by atoms with van der Waals surface area (Å²) >= 11 is 5.97. The highest BCUT2D eigenvalue weighted by Gasteiger charge is 2.22. The van der Waals surface area contributed by atoms with Crippen LogP contribution in [0.25, 0.3) is 11.4 Å². The highest BCUT2D eigenvalue weighted by atomic mass is 35.5. The van der Waals surface area contributed by atoms with E-state index in [1.807, 2.05) is 24.4 Å². The number of hydrogen-bond donors (Lipinski definition) is 1. The van der Waals surface area contributed by atoms with Crippen LogP contribution in [0.2, 0.25) is 5.02 Å². The highest BCUT2D eigenvalue weighted by molar-refractivity contribution is 6.30. The Morgan fingerprint density at radius 2 is 1.94 bits per heavy atom. The van der Waals surface area contributed by atoms with Gasteiger partial charge in [0.1, 0.15) is 11.9 Å². The van der Waals surface area contributed by atoms with Gasteiger partial charge in [0.2, 0.25) is 5.88 Å². The molecule has 1 N–H and O–H groups in total. The van der Waals surface area contributed by atoms with E-state index in [9.17, 15) is 4.79 Å². The summed E-state index contributed by atoms with van der Waals surface area (Å²) in [4.78, 5) is 27.2. The number of H-pyrrole nitrogens is 1. The first kappa shape index (κ1) is 20.2. The second kappa shape index (κ2) is 8.81. The van der Waals surface area contributed by atoms with Gasteiger partial charge < -0.3 is 9.72 Å². The Bertz CT molecular complexity index is 1110. The number of hydrogen-bond acceptors (Lipinski definition) is 5. The summed E-state index contributed by atoms with van der Waals surface area (Å²) in [6, 6.07) is 11.4. The summed E-state index contributed by atoms with van der Waals surface area (Å²) in [6.07, 6.45) is 7.68. The fraction of sp³-hybridized carbons (Fsp3) is 0.375. The largest absolute Gasteiger partial charge is 0.474 e. The Balaban J connectivity index is 1.26. The molecule has 1 aliphatic heterocycles. The van der Waals surface area contributed by atoms with Crippen molar-refractivity contribution < 1.29 is 4.74 Å². The van der Waals surface area contributed by atoms with Gasteiger partial charge in [0.15, 0.2) is 0 Å². The molecule has 3 heterocycles. The van der Waals surface area contributed by atoms with Crippen LogP contribution in [0, 0.1) is 0 Å². The van der Waals surface area contributed by atoms with E-state index in [1.54, 1.807) is 12.1 Å². The van der Waals surface area contributed by atoms with Gasteiger partial charge >= 0.3 is 0 Å². The zero-order valence-corrected chi connectivity index (χ0v) is 18.1. The summed E-state index contributed by atoms with van der Waals surface area (Å²) < 4.78 is 5.95. The van der Waals surface area contributed by atoms with E-state index in [0.717, 1.165) is 54.7 Å². The van der Waals surface area contributed by atoms with E-state index >= 15 is 0 Å². The number of ether oxygens (including phenoxy) is 1. The third-order valence-corrected chi connectivity index (χ3v) is 6.31. The predicted molar refractivity (Wildman–Crippen MR) is 120 cm³/mol. The molecule has 1 aromatic carbocycles. The number of fused-ring (bicyclic) bond motifs is 1. The maximum absolute atomic E-state index is 12.8. The minimum absolute atomic E-state index is 0.0712. The smallest absolute Gasteiger partial charge is 0.255 e. The van der Waals surface area contributed by atoms with Crippen LogP contribution >= 0.6 is 11.6 Å². The first-order chi connectivity index (χ1) is 15.1. The molecule has 2 aromatic heterocycles. The van der Waals surface area contributed by atoms with Crippen LogP contribution in [0.3, 0.4) is 0 Å². The topological polar surface area (TPSA) is 71.1 Å². The second-order valence-electron chi connectivity index (χ2n) is 8.34. The van der Waals surface area contributed by atoms with Gasteiger partial charge in [-0.2, -0.15) is 0 Å². The second-order valence-corrected chi connectivity index (χ2v) is 8.77. The molecule has 0 saturated heterocycles. The molecule has 1 saturated carbocycles. The summed E-state index contributed by atoms with van der Waals surface area (Å²) in [5.41, 5.74) is 3.53. The molecular weight excluding hydrogens is 412 g/mol. The lowest BCUT2D eigenvalue weighted by atomic mass is 10.1. The third kappa shape index (κ3) is 4.65. The molecule has 7 heteroatoms. The van der Waals surface area contributed by atoms with Gasteiger partial charge in [0.05, 0.1) is 11.3 Å². The Kier molecular flexibility index (Phi) is 5.74. The number of pyridine rings is 1. The van der Waals surface area contributed by atoms with Gasteiger partial charge in [-0.3, -0.25) is 9.69 Å². The Labute approximate surface area is 186 Å². The molecule has 6 nitrogen and oxygen atoms in total. The number of nitrogens with zero attached hydrogens (tertiary/aromatic N) is 3. The van der Waals surface area contributed by atoms with Crippen molar-refractivity contribution in [3.05, 3.63) is 74.8 Å². The van der Waals surface area contributed by atoms with Gasteiger partial charge in [-0.15, -0.1) is 0 Å². The van der Waals surface area contributed by atoms with E-state index in [1.165, 1.54) is 12.8 Å². The Morgan fingerprint density at radius 1 is 1.13 bits per heavy atom. The SMILES string of the molecule is O=c1[nH]c(-c2ccc(Cl)cc2)nc2c1CN(Cc1ccc(OC3CCCC3)nc1)CC2. The van der Waals surface area contributed by atoms with Crippen LogP contribution < -0.4 is 10.3 Å². The van der Waals surface area contributed by atoms with Crippen molar-refractivity contribution in [2.75, 3.05) is 6.54 Å². The first-order valence-corrected chi connectivity index (χ1v) is 11.2. The van der Waals surface area contributed by atoms with Crippen LogP contribution in [-0.2, 0) is 19.5 Å². The molecule has 160 valence electrons. The van der Waals surface area contributed by atoms with Crippen LogP contribution in [0.1, 0.15) is 42.5 Å². The van der Waals surface area contributed by atoms with Gasteiger partial charge in [-0.05, 0) is 55.5 Å². The highest BCUT2D eigenvalue weighted by Crippen LogP contribution is 2.24. The number of halogens is 1. The molecule has 0 spiro atoms. The van der Waals surface area contributed by atoms with Crippen molar-refractivity contribution >= 4 is 11.6 Å². The lowest BCUT2D eigenvalue weighted by Gasteiger charge is -2.27. The molecule has 2 aliphatic rings. The lowest BCUT2D eigenvalue weighted by Crippen LogP contribution is -2.35. The number of aromatic nitrogens is 3. The maximum Gasteiger partial charge on any atom is 0.255 e. The molecular formula is C24H25ClN4O2. The minimum atomic E-state index is -0.0712. The zero-order valence-electron chi connectivity index (χ0n) is 17.3. The normalized spacial score (nSPS) is 16.9. The molecule has 31 heavy (non-hydrogen) atoms. The fourth-order valence-corrected chi connectivity index (χ4v) is 4.50. The average Bonchev–Trinajstić information content (AvgIpc) is 3.29. The van der Waals surface area contributed by atoms with Gasteiger partial charge in [-0.25, -0.2) is 9.97 Å². The molecule has 0 amide bonds. The average molecular weight is 437 g/mol. The van der Waals surface area contributed by atoms with Crippen molar-refractivity contribution in [1.82, 2.24) is 19.9 Å². The molecule has 1 aliphatic carbocycles. The van der Waals surface area contributed by atoms with E-state index < -0.39 is 0 Å². The molecule has 3 aromatic rings. The number of benzene rings is 1. The molecule has 1 fully saturated rings. The Morgan fingerprint density at radius 3 is 2.68 bits per heavy atom. The van der Waals surface area contributed by atoms with Crippen molar-refractivity contribution in [2.24, 2.45) is 0 Å². The number of nitrogens with one attached hydrogen (secondary N) is 1. The number of rotatable bonds is 5. The summed E-state index contributed by atoms with van der Waals surface area (Å²) in [7, 11) is 0.